The Bertz CT molecular complexity index is 3300. The van der Waals surface area contributed by atoms with Crippen LogP contribution in [0.15, 0.2) is 79.3 Å². The average Bonchev–Trinajstić information content (AvgIpc) is 4.36. The number of hydrogen-bond donors (Lipinski definition) is 6. The van der Waals surface area contributed by atoms with Gasteiger partial charge in [-0.15, -0.1) is 0 Å². The highest BCUT2D eigenvalue weighted by Gasteiger charge is 2.46. The van der Waals surface area contributed by atoms with E-state index in [2.05, 4.69) is 31.3 Å². The number of aryl methyl sites for hydroxylation is 2. The maximum Gasteiger partial charge on any atom is 0.355 e. The van der Waals surface area contributed by atoms with Gasteiger partial charge in [0, 0.05) is 61.7 Å². The van der Waals surface area contributed by atoms with Crippen LogP contribution in [0.25, 0.3) is 33.3 Å². The van der Waals surface area contributed by atoms with Gasteiger partial charge in [-0.2, -0.15) is 19.0 Å². The number of anilines is 3. The third-order valence-corrected chi connectivity index (χ3v) is 14.9. The van der Waals surface area contributed by atoms with E-state index in [4.69, 9.17) is 15.6 Å². The third kappa shape index (κ3) is 14.4. The minimum absolute atomic E-state index is 0.0263. The van der Waals surface area contributed by atoms with Crippen molar-refractivity contribution in [3.63, 3.8) is 0 Å². The summed E-state index contributed by atoms with van der Waals surface area (Å²) in [6, 6.07) is 9.23. The molecule has 19 nitrogen and oxygen atoms in total. The van der Waals surface area contributed by atoms with Gasteiger partial charge >= 0.3 is 5.76 Å². The number of fused-ring (bicyclic) bond motifs is 1. The Hall–Kier alpha value is -7.67. The number of amides is 4. The number of nitrogens with one attached hydrogen (secondary N) is 5. The predicted molar refractivity (Wildman–Crippen MR) is 293 cm³/mol. The molecule has 4 amide bonds. The summed E-state index contributed by atoms with van der Waals surface area (Å²) in [4.78, 5) is 59.9. The second kappa shape index (κ2) is 25.6. The van der Waals surface area contributed by atoms with E-state index in [9.17, 15) is 49.5 Å². The molecule has 1 aliphatic heterocycles. The van der Waals surface area contributed by atoms with Gasteiger partial charge in [0.1, 0.15) is 58.6 Å². The molecule has 0 saturated carbocycles. The number of nitrogen functional groups attached to an aromatic ring is 1. The fraction of sp³-hybridized carbons (Fsp3) is 0.436. The van der Waals surface area contributed by atoms with Crippen LogP contribution in [-0.4, -0.2) is 105 Å². The normalized spacial score (nSPS) is 15.9. The van der Waals surface area contributed by atoms with Gasteiger partial charge < -0.3 is 36.6 Å². The zero-order valence-electron chi connectivity index (χ0n) is 45.5. The number of likely N-dealkylation sites (N-methyl/N-ethyl adjacent to an activating group) is 1. The Kier molecular flexibility index (Phi) is 19.2. The molecular weight excluding hydrogens is 1070 g/mol. The minimum atomic E-state index is -5.09. The summed E-state index contributed by atoms with van der Waals surface area (Å²) >= 11 is 0. The summed E-state index contributed by atoms with van der Waals surface area (Å²) in [6.07, 6.45) is 9.40. The first kappa shape index (κ1) is 60.0. The number of nitrogens with two attached hydrogens (primary N) is 1. The molecule has 25 heteroatoms. The molecule has 80 heavy (non-hydrogen) atoms. The Morgan fingerprint density at radius 1 is 0.900 bits per heavy atom. The number of halogens is 5. The first-order valence-electron chi connectivity index (χ1n) is 26.2. The van der Waals surface area contributed by atoms with Crippen LogP contribution < -0.4 is 36.5 Å². The number of ether oxygens (including phenoxy) is 1. The van der Waals surface area contributed by atoms with E-state index in [-0.39, 0.29) is 42.5 Å². The van der Waals surface area contributed by atoms with Crippen molar-refractivity contribution in [2.45, 2.75) is 129 Å². The summed E-state index contributed by atoms with van der Waals surface area (Å²) in [7, 11) is -1.77. The van der Waals surface area contributed by atoms with Crippen molar-refractivity contribution in [3.05, 3.63) is 102 Å². The molecule has 5 atom stereocenters. The molecule has 6 aromatic rings. The van der Waals surface area contributed by atoms with E-state index >= 15 is 0 Å². The quantitative estimate of drug-likeness (QED) is 0.0248. The summed E-state index contributed by atoms with van der Waals surface area (Å²) in [5, 5.41) is 20.7. The number of carbonyl (C=O) groups excluding carboxylic acids is 4. The van der Waals surface area contributed by atoms with Gasteiger partial charge in [-0.05, 0) is 87.5 Å². The molecule has 0 bridgehead atoms. The van der Waals surface area contributed by atoms with Crippen molar-refractivity contribution >= 4 is 61.7 Å². The monoisotopic (exact) mass is 1130 g/mol. The van der Waals surface area contributed by atoms with Crippen LogP contribution in [0.1, 0.15) is 97.7 Å². The Labute approximate surface area is 460 Å². The Morgan fingerprint density at radius 2 is 1.57 bits per heavy atom. The zero-order valence-corrected chi connectivity index (χ0v) is 46.3. The van der Waals surface area contributed by atoms with E-state index in [1.165, 1.54) is 47.4 Å². The van der Waals surface area contributed by atoms with Gasteiger partial charge in [-0.3, -0.25) is 33.3 Å². The second-order valence-corrected chi connectivity index (χ2v) is 22.6. The second-order valence-electron chi connectivity index (χ2n) is 21.0. The Morgan fingerprint density at radius 3 is 2.24 bits per heavy atom. The first-order chi connectivity index (χ1) is 37.9. The number of hydrogen-bond acceptors (Lipinski definition) is 12. The van der Waals surface area contributed by atoms with E-state index in [1.807, 2.05) is 15.6 Å². The van der Waals surface area contributed by atoms with Gasteiger partial charge in [-0.25, -0.2) is 26.6 Å². The molecule has 430 valence electrons. The average molecular weight is 1140 g/mol. The molecular formula is C55H67F5N12O7S. The fourth-order valence-corrected chi connectivity index (χ4v) is 10.0. The van der Waals surface area contributed by atoms with E-state index in [1.54, 1.807) is 65.8 Å². The summed E-state index contributed by atoms with van der Waals surface area (Å²) in [5.41, 5.74) is 8.07. The van der Waals surface area contributed by atoms with Crippen molar-refractivity contribution in [1.82, 2.24) is 45.4 Å². The number of aromatic nitrogens is 5. The fourth-order valence-electron chi connectivity index (χ4n) is 9.45. The van der Waals surface area contributed by atoms with E-state index in [0.29, 0.717) is 46.3 Å². The van der Waals surface area contributed by atoms with Gasteiger partial charge in [0.05, 0.1) is 28.8 Å². The van der Waals surface area contributed by atoms with E-state index < -0.39 is 92.3 Å². The highest BCUT2D eigenvalue weighted by Crippen LogP contribution is 2.41. The van der Waals surface area contributed by atoms with Gasteiger partial charge in [-0.1, -0.05) is 70.7 Å². The molecule has 1 fully saturated rings. The number of pyridine rings is 1. The number of benzene rings is 3. The number of unbranched alkanes of at least 4 members (excludes halogenated alkanes) is 5. The van der Waals surface area contributed by atoms with E-state index in [0.717, 1.165) is 55.9 Å². The van der Waals surface area contributed by atoms with Crippen LogP contribution in [0.4, 0.5) is 39.1 Å². The van der Waals surface area contributed by atoms with Crippen molar-refractivity contribution in [3.8, 4) is 28.1 Å². The predicted octanol–water partition coefficient (Wildman–Crippen LogP) is 8.20. The molecule has 1 saturated heterocycles. The molecule has 7 N–H and O–H groups in total. The summed E-state index contributed by atoms with van der Waals surface area (Å²) in [6.45, 7) is 9.09. The molecule has 4 heterocycles. The van der Waals surface area contributed by atoms with Crippen molar-refractivity contribution in [2.75, 3.05) is 29.4 Å². The topological polar surface area (TPSA) is 250 Å². The van der Waals surface area contributed by atoms with Crippen molar-refractivity contribution in [1.29, 1.82) is 0 Å². The number of alkyl halides is 2. The number of carbonyl (C=O) groups is 4. The van der Waals surface area contributed by atoms with Crippen LogP contribution in [0.2, 0.25) is 0 Å². The zero-order chi connectivity index (χ0) is 58.2. The molecule has 7 rings (SSSR count). The maximum atomic E-state index is 14.6. The molecule has 0 radical (unpaired) electrons. The smallest absolute Gasteiger partial charge is 0.355 e. The van der Waals surface area contributed by atoms with Crippen LogP contribution in [0, 0.1) is 22.9 Å². The number of para-hydroxylation sites is 1. The largest absolute Gasteiger partial charge is 0.484 e. The van der Waals surface area contributed by atoms with Crippen LogP contribution in [0.5, 0.6) is 5.75 Å². The SMILES string of the molecule is CN[C@@H](C)C(=O)N[C@H](C(=O)N1CC(NC(=O)CCCCCCCCn2cc(-c3cnc(N)c4c(-c5ccc(NS(=O)(=O)C(F)F)c(O[C@@H](C)c6ccc(F)cc6)c5)nn(C)c34)cn2)C[C@H]1C(=O)Nc1c(F)cccc1F)C(C)(C)C. The first-order valence-corrected chi connectivity index (χ1v) is 27.7. The lowest BCUT2D eigenvalue weighted by Gasteiger charge is -2.36. The number of nitrogens with zero attached hydrogens (tertiary/aromatic N) is 6. The highest BCUT2D eigenvalue weighted by molar-refractivity contribution is 7.93. The van der Waals surface area contributed by atoms with Crippen molar-refractivity contribution < 1.29 is 54.3 Å². The lowest BCUT2D eigenvalue weighted by molar-refractivity contribution is -0.143. The van der Waals surface area contributed by atoms with Gasteiger partial charge in [0.2, 0.25) is 23.6 Å². The summed E-state index contributed by atoms with van der Waals surface area (Å²) < 4.78 is 106. The molecule has 0 aliphatic carbocycles. The highest BCUT2D eigenvalue weighted by atomic mass is 32.2. The van der Waals surface area contributed by atoms with Crippen LogP contribution in [-0.2, 0) is 42.8 Å². The molecule has 1 unspecified atom stereocenters. The lowest BCUT2D eigenvalue weighted by atomic mass is 9.85. The number of rotatable bonds is 24. The van der Waals surface area contributed by atoms with Crippen LogP contribution in [0.3, 0.4) is 0 Å². The third-order valence-electron chi connectivity index (χ3n) is 14.0. The maximum absolute atomic E-state index is 14.6. The molecule has 3 aromatic carbocycles. The molecule has 1 aliphatic rings. The van der Waals surface area contributed by atoms with Crippen LogP contribution >= 0.6 is 0 Å². The molecule has 0 spiro atoms. The minimum Gasteiger partial charge on any atom is -0.484 e. The summed E-state index contributed by atoms with van der Waals surface area (Å²) in [5.74, 6) is -8.28. The van der Waals surface area contributed by atoms with Crippen molar-refractivity contribution in [2.24, 2.45) is 12.5 Å². The standard InChI is InChI=1S/C55H67F5N12O7S/c1-31(62-6)51(74)67-49(55(3,4)5)53(76)72-30-37(26-42(72)52(75)66-47-39(57)15-14-16-40(47)58)65-44(73)17-12-10-8-9-11-13-24-71-29-35(27-64-71)38-28-63-50(61)45-46(68-70(7)48(38)45)34-20-23-41(69-80(77,78)54(59)60)43(25-34)79-32(2)33-18-21-36(56)22-19-33/h14-16,18-23,25,27-29,31-32,37,42,49,54,62,69H,8-13,17,24,26,30H2,1-7H3,(H2,61,63)(H,65,73)(H,66,75)(H,67,74)/t31-,32-,37?,42-,49+/m0/s1. The lowest BCUT2D eigenvalue weighted by Crippen LogP contribution is -2.59. The molecule has 3 aromatic heterocycles. The Balaban J connectivity index is 0.930. The number of likely N-dealkylation sites (tertiary alicyclic amines) is 1. The van der Waals surface area contributed by atoms with Gasteiger partial charge in [0.25, 0.3) is 10.0 Å². The number of sulfonamides is 1. The van der Waals surface area contributed by atoms with Gasteiger partial charge in [0.15, 0.2) is 0 Å².